The molecule has 1 aromatic carbocycles. The fraction of sp³-hybridized carbons (Fsp3) is 0.125. The molecule has 0 N–H and O–H groups in total. The van der Waals surface area contributed by atoms with Crippen LogP contribution in [0.25, 0.3) is 11.1 Å². The van der Waals surface area contributed by atoms with Crippen LogP contribution in [0, 0.1) is 5.82 Å². The highest BCUT2D eigenvalue weighted by Gasteiger charge is 2.10. The van der Waals surface area contributed by atoms with E-state index in [0.717, 1.165) is 0 Å². The van der Waals surface area contributed by atoms with Crippen LogP contribution in [-0.2, 0) is 7.05 Å². The van der Waals surface area contributed by atoms with E-state index >= 15 is 0 Å². The van der Waals surface area contributed by atoms with Crippen LogP contribution in [-0.4, -0.2) is 4.57 Å². The highest BCUT2D eigenvalue weighted by atomic mass is 79.9. The summed E-state index contributed by atoms with van der Waals surface area (Å²) in [5.41, 5.74) is 0.811. The Balaban J connectivity index is 3.03. The second-order valence-corrected chi connectivity index (χ2v) is 3.52. The number of hydrogen-bond donors (Lipinski definition) is 0. The quantitative estimate of drug-likeness (QED) is 0.712. The minimum absolute atomic E-state index is 0.249. The number of halogens is 2. The lowest BCUT2D eigenvalue weighted by molar-refractivity contribution is 0.525. The number of benzene rings is 1. The molecule has 0 radical (unpaired) electrons. The van der Waals surface area contributed by atoms with E-state index in [1.165, 1.54) is 16.7 Å². The van der Waals surface area contributed by atoms with E-state index in [0.29, 0.717) is 9.99 Å². The monoisotopic (exact) mass is 245 g/mol. The zero-order valence-electron chi connectivity index (χ0n) is 6.67. The first-order valence-electron chi connectivity index (χ1n) is 3.54. The van der Waals surface area contributed by atoms with Crippen LogP contribution in [0.1, 0.15) is 0 Å². The van der Waals surface area contributed by atoms with Gasteiger partial charge in [0, 0.05) is 17.6 Å². The minimum Gasteiger partial charge on any atom is -0.408 e. The fourth-order valence-corrected chi connectivity index (χ4v) is 1.88. The standard InChI is InChI=1S/C8H5BrFNO2/c1-11-7-5(9)2-4(10)3-6(7)13-8(11)12/h2-3H,1H3. The van der Waals surface area contributed by atoms with Crippen LogP contribution in [0.3, 0.4) is 0 Å². The van der Waals surface area contributed by atoms with Gasteiger partial charge in [0.15, 0.2) is 5.58 Å². The van der Waals surface area contributed by atoms with E-state index in [1.54, 1.807) is 7.05 Å². The van der Waals surface area contributed by atoms with Crippen molar-refractivity contribution in [1.82, 2.24) is 4.57 Å². The molecular weight excluding hydrogens is 241 g/mol. The van der Waals surface area contributed by atoms with Crippen molar-refractivity contribution >= 4 is 27.0 Å². The number of fused-ring (bicyclic) bond motifs is 1. The Morgan fingerprint density at radius 1 is 1.54 bits per heavy atom. The van der Waals surface area contributed by atoms with Gasteiger partial charge < -0.3 is 4.42 Å². The lowest BCUT2D eigenvalue weighted by atomic mass is 10.3. The van der Waals surface area contributed by atoms with Crippen LogP contribution in [0.4, 0.5) is 4.39 Å². The predicted octanol–water partition coefficient (Wildman–Crippen LogP) is 2.03. The third-order valence-electron chi connectivity index (χ3n) is 1.80. The summed E-state index contributed by atoms with van der Waals surface area (Å²) in [6.45, 7) is 0. The molecule has 0 saturated heterocycles. The van der Waals surface area contributed by atoms with E-state index in [-0.39, 0.29) is 5.58 Å². The number of aryl methyl sites for hydroxylation is 1. The maximum absolute atomic E-state index is 12.8. The van der Waals surface area contributed by atoms with Gasteiger partial charge in [-0.2, -0.15) is 0 Å². The molecule has 2 rings (SSSR count). The number of oxazole rings is 1. The van der Waals surface area contributed by atoms with Gasteiger partial charge in [0.25, 0.3) is 0 Å². The van der Waals surface area contributed by atoms with Crippen molar-refractivity contribution in [2.75, 3.05) is 0 Å². The number of rotatable bonds is 0. The second kappa shape index (κ2) is 2.70. The van der Waals surface area contributed by atoms with Crippen molar-refractivity contribution in [3.05, 3.63) is 33.0 Å². The highest BCUT2D eigenvalue weighted by molar-refractivity contribution is 9.10. The largest absolute Gasteiger partial charge is 0.419 e. The van der Waals surface area contributed by atoms with Crippen LogP contribution in [0.5, 0.6) is 0 Å². The predicted molar refractivity (Wildman–Crippen MR) is 49.1 cm³/mol. The summed E-state index contributed by atoms with van der Waals surface area (Å²) in [6.07, 6.45) is 0. The van der Waals surface area contributed by atoms with Crippen molar-refractivity contribution in [3.8, 4) is 0 Å². The van der Waals surface area contributed by atoms with Gasteiger partial charge in [0.2, 0.25) is 0 Å². The SMILES string of the molecule is Cn1c(=O)oc2cc(F)cc(Br)c21. The average molecular weight is 246 g/mol. The zero-order chi connectivity index (χ0) is 9.59. The summed E-state index contributed by atoms with van der Waals surface area (Å²) in [7, 11) is 1.57. The topological polar surface area (TPSA) is 35.1 Å². The Bertz CT molecular complexity index is 529. The molecule has 0 fully saturated rings. The Kier molecular flexibility index (Phi) is 1.76. The van der Waals surface area contributed by atoms with Crippen molar-refractivity contribution in [2.45, 2.75) is 0 Å². The Labute approximate surface area is 80.9 Å². The molecule has 68 valence electrons. The van der Waals surface area contributed by atoms with E-state index in [4.69, 9.17) is 4.42 Å². The van der Waals surface area contributed by atoms with Gasteiger partial charge in [-0.25, -0.2) is 9.18 Å². The zero-order valence-corrected chi connectivity index (χ0v) is 8.26. The highest BCUT2D eigenvalue weighted by Crippen LogP contribution is 2.23. The van der Waals surface area contributed by atoms with E-state index < -0.39 is 11.6 Å². The summed E-state index contributed by atoms with van der Waals surface area (Å²) in [5, 5.41) is 0. The van der Waals surface area contributed by atoms with Crippen LogP contribution in [0.2, 0.25) is 0 Å². The normalized spacial score (nSPS) is 11.0. The summed E-state index contributed by atoms with van der Waals surface area (Å²) in [6, 6.07) is 2.47. The molecule has 3 nitrogen and oxygen atoms in total. The fourth-order valence-electron chi connectivity index (χ4n) is 1.20. The maximum Gasteiger partial charge on any atom is 0.419 e. The molecule has 0 unspecified atom stereocenters. The van der Waals surface area contributed by atoms with Gasteiger partial charge in [-0.15, -0.1) is 0 Å². The Morgan fingerprint density at radius 3 is 2.92 bits per heavy atom. The van der Waals surface area contributed by atoms with Gasteiger partial charge >= 0.3 is 5.76 Å². The van der Waals surface area contributed by atoms with Crippen LogP contribution < -0.4 is 5.76 Å². The molecule has 0 atom stereocenters. The lowest BCUT2D eigenvalue weighted by Gasteiger charge is -1.95. The number of nitrogens with zero attached hydrogens (tertiary/aromatic N) is 1. The molecular formula is C8H5BrFNO2. The minimum atomic E-state index is -0.499. The molecule has 0 amide bonds. The molecule has 0 spiro atoms. The Hall–Kier alpha value is -1.10. The summed E-state index contributed by atoms with van der Waals surface area (Å²) < 4.78 is 19.5. The number of aromatic nitrogens is 1. The van der Waals surface area contributed by atoms with Crippen molar-refractivity contribution in [3.63, 3.8) is 0 Å². The lowest BCUT2D eigenvalue weighted by Crippen LogP contribution is -2.08. The first-order valence-corrected chi connectivity index (χ1v) is 4.33. The molecule has 0 bridgehead atoms. The molecule has 2 aromatic rings. The molecule has 0 aliphatic heterocycles. The van der Waals surface area contributed by atoms with Gasteiger partial charge in [-0.1, -0.05) is 0 Å². The third kappa shape index (κ3) is 1.19. The van der Waals surface area contributed by atoms with Crippen molar-refractivity contribution < 1.29 is 8.81 Å². The van der Waals surface area contributed by atoms with Gasteiger partial charge in [0.1, 0.15) is 11.3 Å². The van der Waals surface area contributed by atoms with Crippen molar-refractivity contribution in [1.29, 1.82) is 0 Å². The molecule has 0 aliphatic carbocycles. The van der Waals surface area contributed by atoms with Gasteiger partial charge in [0.05, 0.1) is 0 Å². The summed E-state index contributed by atoms with van der Waals surface area (Å²) in [4.78, 5) is 11.1. The van der Waals surface area contributed by atoms with Gasteiger partial charge in [-0.3, -0.25) is 4.57 Å². The first kappa shape index (κ1) is 8.50. The molecule has 0 saturated carbocycles. The molecule has 13 heavy (non-hydrogen) atoms. The smallest absolute Gasteiger partial charge is 0.408 e. The molecule has 1 heterocycles. The Morgan fingerprint density at radius 2 is 2.23 bits per heavy atom. The summed E-state index contributed by atoms with van der Waals surface area (Å²) in [5.74, 6) is -0.935. The van der Waals surface area contributed by atoms with Crippen molar-refractivity contribution in [2.24, 2.45) is 7.05 Å². The van der Waals surface area contributed by atoms with E-state index in [1.807, 2.05) is 0 Å². The van der Waals surface area contributed by atoms with Crippen LogP contribution >= 0.6 is 15.9 Å². The maximum atomic E-state index is 12.8. The van der Waals surface area contributed by atoms with Gasteiger partial charge in [-0.05, 0) is 22.0 Å². The molecule has 0 aliphatic rings. The molecule has 5 heteroatoms. The summed E-state index contributed by atoms with van der Waals surface area (Å²) >= 11 is 3.15. The molecule has 1 aromatic heterocycles. The van der Waals surface area contributed by atoms with E-state index in [2.05, 4.69) is 15.9 Å². The van der Waals surface area contributed by atoms with Crippen LogP contribution in [0.15, 0.2) is 25.8 Å². The average Bonchev–Trinajstić information content (AvgIpc) is 2.27. The number of hydrogen-bond acceptors (Lipinski definition) is 2. The first-order chi connectivity index (χ1) is 6.09. The second-order valence-electron chi connectivity index (χ2n) is 2.66. The van der Waals surface area contributed by atoms with E-state index in [9.17, 15) is 9.18 Å². The third-order valence-corrected chi connectivity index (χ3v) is 2.40.